The molecule has 0 bridgehead atoms. The number of ether oxygens (including phenoxy) is 2. The summed E-state index contributed by atoms with van der Waals surface area (Å²) in [5.74, 6) is -0.869. The van der Waals surface area contributed by atoms with Crippen molar-refractivity contribution in [2.75, 3.05) is 19.7 Å². The molecule has 0 saturated carbocycles. The standard InChI is InChI=1S/C19H26N2O5/c1-3-25-18(23)12-17(22)20-16-8-10-21(11-9-16)19(24)26-13-15-6-4-14(2)5-7-15/h4-7,16H,3,8-13H2,1-2H3,(H,20,22). The number of amides is 2. The average molecular weight is 362 g/mol. The predicted molar refractivity (Wildman–Crippen MR) is 95.4 cm³/mol. The molecule has 1 aliphatic rings. The molecule has 0 spiro atoms. The quantitative estimate of drug-likeness (QED) is 0.619. The number of rotatable bonds is 6. The highest BCUT2D eigenvalue weighted by molar-refractivity contribution is 5.94. The van der Waals surface area contributed by atoms with Crippen molar-refractivity contribution in [3.05, 3.63) is 35.4 Å². The fourth-order valence-electron chi connectivity index (χ4n) is 2.75. The summed E-state index contributed by atoms with van der Waals surface area (Å²) < 4.78 is 10.1. The molecular formula is C19H26N2O5. The van der Waals surface area contributed by atoms with Gasteiger partial charge in [0, 0.05) is 19.1 Å². The molecule has 0 aliphatic carbocycles. The Bertz CT molecular complexity index is 621. The maximum absolute atomic E-state index is 12.1. The van der Waals surface area contributed by atoms with Crippen molar-refractivity contribution in [3.8, 4) is 0 Å². The van der Waals surface area contributed by atoms with Crippen molar-refractivity contribution in [2.45, 2.75) is 45.8 Å². The van der Waals surface area contributed by atoms with Gasteiger partial charge < -0.3 is 19.7 Å². The number of esters is 1. The molecule has 7 heteroatoms. The van der Waals surface area contributed by atoms with Gasteiger partial charge >= 0.3 is 12.1 Å². The van der Waals surface area contributed by atoms with Gasteiger partial charge in [-0.1, -0.05) is 29.8 Å². The van der Waals surface area contributed by atoms with E-state index in [0.29, 0.717) is 25.9 Å². The third kappa shape index (κ3) is 6.38. The summed E-state index contributed by atoms with van der Waals surface area (Å²) in [7, 11) is 0. The summed E-state index contributed by atoms with van der Waals surface area (Å²) in [4.78, 5) is 36.9. The van der Waals surface area contributed by atoms with Gasteiger partial charge in [-0.05, 0) is 32.3 Å². The predicted octanol–water partition coefficient (Wildman–Crippen LogP) is 2.17. The second kappa shape index (κ2) is 9.79. The normalized spacial score (nSPS) is 14.6. The molecular weight excluding hydrogens is 336 g/mol. The van der Waals surface area contributed by atoms with Crippen molar-refractivity contribution in [1.82, 2.24) is 10.2 Å². The van der Waals surface area contributed by atoms with Gasteiger partial charge in [-0.2, -0.15) is 0 Å². The molecule has 1 heterocycles. The van der Waals surface area contributed by atoms with Crippen molar-refractivity contribution in [3.63, 3.8) is 0 Å². The number of nitrogens with one attached hydrogen (secondary N) is 1. The minimum Gasteiger partial charge on any atom is -0.466 e. The van der Waals surface area contributed by atoms with E-state index in [9.17, 15) is 14.4 Å². The molecule has 2 amide bonds. The Hall–Kier alpha value is -2.57. The number of likely N-dealkylation sites (tertiary alicyclic amines) is 1. The molecule has 1 aromatic rings. The summed E-state index contributed by atoms with van der Waals surface area (Å²) in [6.45, 7) is 5.23. The minimum absolute atomic E-state index is 0.0434. The summed E-state index contributed by atoms with van der Waals surface area (Å²) in [5, 5.41) is 2.81. The lowest BCUT2D eigenvalue weighted by molar-refractivity contribution is -0.146. The van der Waals surface area contributed by atoms with E-state index in [0.717, 1.165) is 11.1 Å². The van der Waals surface area contributed by atoms with Crippen LogP contribution in [0.15, 0.2) is 24.3 Å². The van der Waals surface area contributed by atoms with Crippen LogP contribution in [0.25, 0.3) is 0 Å². The topological polar surface area (TPSA) is 84.9 Å². The SMILES string of the molecule is CCOC(=O)CC(=O)NC1CCN(C(=O)OCc2ccc(C)cc2)CC1. The first kappa shape index (κ1) is 19.8. The van der Waals surface area contributed by atoms with Gasteiger partial charge in [0.1, 0.15) is 13.0 Å². The fourth-order valence-corrected chi connectivity index (χ4v) is 2.75. The van der Waals surface area contributed by atoms with Crippen LogP contribution in [0.1, 0.15) is 37.3 Å². The molecule has 26 heavy (non-hydrogen) atoms. The van der Waals surface area contributed by atoms with E-state index < -0.39 is 5.97 Å². The van der Waals surface area contributed by atoms with Crippen LogP contribution in [0.3, 0.4) is 0 Å². The molecule has 1 saturated heterocycles. The monoisotopic (exact) mass is 362 g/mol. The molecule has 0 unspecified atom stereocenters. The second-order valence-electron chi connectivity index (χ2n) is 6.35. The second-order valence-corrected chi connectivity index (χ2v) is 6.35. The lowest BCUT2D eigenvalue weighted by atomic mass is 10.1. The number of nitrogens with zero attached hydrogens (tertiary/aromatic N) is 1. The van der Waals surface area contributed by atoms with Crippen molar-refractivity contribution >= 4 is 18.0 Å². The van der Waals surface area contributed by atoms with E-state index in [1.165, 1.54) is 0 Å². The zero-order valence-electron chi connectivity index (χ0n) is 15.3. The third-order valence-electron chi connectivity index (χ3n) is 4.21. The highest BCUT2D eigenvalue weighted by Gasteiger charge is 2.25. The van der Waals surface area contributed by atoms with Crippen LogP contribution in [0.4, 0.5) is 4.79 Å². The van der Waals surface area contributed by atoms with Crippen LogP contribution in [0.5, 0.6) is 0 Å². The molecule has 7 nitrogen and oxygen atoms in total. The fraction of sp³-hybridized carbons (Fsp3) is 0.526. The van der Waals surface area contributed by atoms with Gasteiger partial charge in [0.05, 0.1) is 6.61 Å². The van der Waals surface area contributed by atoms with Crippen LogP contribution < -0.4 is 5.32 Å². The largest absolute Gasteiger partial charge is 0.466 e. The van der Waals surface area contributed by atoms with E-state index in [4.69, 9.17) is 9.47 Å². The molecule has 1 aromatic carbocycles. The minimum atomic E-state index is -0.526. The lowest BCUT2D eigenvalue weighted by Crippen LogP contribution is -2.47. The van der Waals surface area contributed by atoms with E-state index in [1.54, 1.807) is 11.8 Å². The summed E-state index contributed by atoms with van der Waals surface area (Å²) >= 11 is 0. The zero-order valence-corrected chi connectivity index (χ0v) is 15.3. The maximum atomic E-state index is 12.1. The number of carbonyl (C=O) groups excluding carboxylic acids is 3. The Kier molecular flexibility index (Phi) is 7.44. The van der Waals surface area contributed by atoms with Crippen LogP contribution in [0, 0.1) is 6.92 Å². The van der Waals surface area contributed by atoms with Crippen molar-refractivity contribution in [2.24, 2.45) is 0 Å². The summed E-state index contributed by atoms with van der Waals surface area (Å²) in [6.07, 6.45) is 0.650. The van der Waals surface area contributed by atoms with E-state index in [-0.39, 0.29) is 37.7 Å². The third-order valence-corrected chi connectivity index (χ3v) is 4.21. The van der Waals surface area contributed by atoms with E-state index >= 15 is 0 Å². The first-order chi connectivity index (χ1) is 12.5. The van der Waals surface area contributed by atoms with Gasteiger partial charge in [-0.15, -0.1) is 0 Å². The van der Waals surface area contributed by atoms with Crippen LogP contribution in [0.2, 0.25) is 0 Å². The Balaban J connectivity index is 1.68. The average Bonchev–Trinajstić information content (AvgIpc) is 2.61. The van der Waals surface area contributed by atoms with Crippen molar-refractivity contribution < 1.29 is 23.9 Å². The molecule has 142 valence electrons. The Morgan fingerprint density at radius 3 is 2.38 bits per heavy atom. The van der Waals surface area contributed by atoms with Gasteiger partial charge in [0.15, 0.2) is 0 Å². The zero-order chi connectivity index (χ0) is 18.9. The highest BCUT2D eigenvalue weighted by Crippen LogP contribution is 2.13. The maximum Gasteiger partial charge on any atom is 0.410 e. The number of piperidine rings is 1. The smallest absolute Gasteiger partial charge is 0.410 e. The number of aryl methyl sites for hydroxylation is 1. The van der Waals surface area contributed by atoms with E-state index in [2.05, 4.69) is 5.32 Å². The number of hydrogen-bond acceptors (Lipinski definition) is 5. The molecule has 0 atom stereocenters. The number of carbonyl (C=O) groups is 3. The van der Waals surface area contributed by atoms with Crippen LogP contribution >= 0.6 is 0 Å². The molecule has 0 radical (unpaired) electrons. The van der Waals surface area contributed by atoms with Gasteiger partial charge in [-0.25, -0.2) is 4.79 Å². The van der Waals surface area contributed by atoms with Crippen molar-refractivity contribution in [1.29, 1.82) is 0 Å². The molecule has 1 aliphatic heterocycles. The first-order valence-electron chi connectivity index (χ1n) is 8.90. The first-order valence-corrected chi connectivity index (χ1v) is 8.90. The molecule has 2 rings (SSSR count). The molecule has 1 N–H and O–H groups in total. The molecule has 0 aromatic heterocycles. The Labute approximate surface area is 153 Å². The molecule has 1 fully saturated rings. The van der Waals surface area contributed by atoms with Crippen LogP contribution in [-0.4, -0.2) is 48.6 Å². The summed E-state index contributed by atoms with van der Waals surface area (Å²) in [5.41, 5.74) is 2.11. The highest BCUT2D eigenvalue weighted by atomic mass is 16.6. The van der Waals surface area contributed by atoms with Gasteiger partial charge in [0.25, 0.3) is 0 Å². The Morgan fingerprint density at radius 2 is 1.77 bits per heavy atom. The van der Waals surface area contributed by atoms with Gasteiger partial charge in [-0.3, -0.25) is 9.59 Å². The Morgan fingerprint density at radius 1 is 1.12 bits per heavy atom. The lowest BCUT2D eigenvalue weighted by Gasteiger charge is -2.31. The summed E-state index contributed by atoms with van der Waals surface area (Å²) in [6, 6.07) is 7.79. The van der Waals surface area contributed by atoms with Crippen LogP contribution in [-0.2, 0) is 25.7 Å². The number of benzene rings is 1. The number of hydrogen-bond donors (Lipinski definition) is 1. The van der Waals surface area contributed by atoms with E-state index in [1.807, 2.05) is 31.2 Å². The van der Waals surface area contributed by atoms with Gasteiger partial charge in [0.2, 0.25) is 5.91 Å².